The highest BCUT2D eigenvalue weighted by molar-refractivity contribution is 5.77. The van der Waals surface area contributed by atoms with Crippen molar-refractivity contribution < 1.29 is 14.7 Å². The minimum atomic E-state index is -1.03. The van der Waals surface area contributed by atoms with Crippen molar-refractivity contribution >= 4 is 11.9 Å². The first kappa shape index (κ1) is 13.7. The number of carboxylic acids is 1. The highest BCUT2D eigenvalue weighted by atomic mass is 16.4. The van der Waals surface area contributed by atoms with E-state index in [-0.39, 0.29) is 13.1 Å². The van der Waals surface area contributed by atoms with E-state index in [1.165, 1.54) is 6.92 Å². The molecule has 1 heterocycles. The lowest BCUT2D eigenvalue weighted by Crippen LogP contribution is -2.38. The first-order valence-electron chi connectivity index (χ1n) is 5.20. The second-order valence-electron chi connectivity index (χ2n) is 3.78. The minimum absolute atomic E-state index is 0.0417. The van der Waals surface area contributed by atoms with E-state index in [9.17, 15) is 19.2 Å². The Labute approximate surface area is 101 Å². The van der Waals surface area contributed by atoms with E-state index < -0.39 is 28.9 Å². The van der Waals surface area contributed by atoms with Gasteiger partial charge in [-0.3, -0.25) is 24.3 Å². The van der Waals surface area contributed by atoms with E-state index in [0.717, 1.165) is 16.8 Å². The maximum Gasteiger partial charge on any atom is 0.308 e. The second kappa shape index (κ2) is 5.80. The third kappa shape index (κ3) is 3.89. The van der Waals surface area contributed by atoms with Crippen LogP contribution in [0.3, 0.4) is 0 Å². The topological polar surface area (TPSA) is 121 Å². The van der Waals surface area contributed by atoms with Crippen LogP contribution in [-0.4, -0.2) is 33.3 Å². The number of carbonyl (C=O) groups is 2. The lowest BCUT2D eigenvalue weighted by atomic mass is 10.2. The predicted molar refractivity (Wildman–Crippen MR) is 61.1 cm³/mol. The number of nitrogens with zero attached hydrogens (tertiary/aromatic N) is 1. The Balaban J connectivity index is 2.60. The maximum absolute atomic E-state index is 11.4. The van der Waals surface area contributed by atoms with Crippen molar-refractivity contribution in [3.63, 3.8) is 0 Å². The molecule has 0 aliphatic heterocycles. The Morgan fingerprint density at radius 2 is 2.11 bits per heavy atom. The number of rotatable bonds is 5. The molecule has 0 aliphatic rings. The quantitative estimate of drug-likeness (QED) is 0.583. The van der Waals surface area contributed by atoms with Crippen molar-refractivity contribution in [1.82, 2.24) is 15.1 Å². The monoisotopic (exact) mass is 255 g/mol. The lowest BCUT2D eigenvalue weighted by Gasteiger charge is -2.09. The van der Waals surface area contributed by atoms with Crippen molar-refractivity contribution in [2.75, 3.05) is 6.54 Å². The lowest BCUT2D eigenvalue weighted by molar-refractivity contribution is -0.141. The standard InChI is InChI=1S/C10H13N3O5/c1-6(10(17)18)4-11-8(15)5-13-9(16)3-2-7(14)12-13/h2-3,6H,4-5H2,1H3,(H,11,15)(H,12,14)(H,17,18). The molecular weight excluding hydrogens is 242 g/mol. The van der Waals surface area contributed by atoms with Gasteiger partial charge in [-0.25, -0.2) is 4.68 Å². The average molecular weight is 255 g/mol. The van der Waals surface area contributed by atoms with Crippen LogP contribution in [0, 0.1) is 5.92 Å². The smallest absolute Gasteiger partial charge is 0.308 e. The number of aliphatic carboxylic acids is 1. The van der Waals surface area contributed by atoms with Crippen LogP contribution in [0.15, 0.2) is 21.7 Å². The van der Waals surface area contributed by atoms with Gasteiger partial charge in [0.15, 0.2) is 0 Å². The molecule has 0 saturated carbocycles. The van der Waals surface area contributed by atoms with Gasteiger partial charge in [-0.05, 0) is 0 Å². The molecule has 0 radical (unpaired) electrons. The van der Waals surface area contributed by atoms with Crippen LogP contribution in [0.2, 0.25) is 0 Å². The molecule has 0 aromatic carbocycles. The summed E-state index contributed by atoms with van der Waals surface area (Å²) in [6, 6.07) is 2.11. The number of hydrogen-bond acceptors (Lipinski definition) is 4. The fourth-order valence-electron chi connectivity index (χ4n) is 1.13. The molecule has 1 rings (SSSR count). The van der Waals surface area contributed by atoms with Gasteiger partial charge in [0, 0.05) is 18.7 Å². The fraction of sp³-hybridized carbons (Fsp3) is 0.400. The zero-order valence-electron chi connectivity index (χ0n) is 9.67. The van der Waals surface area contributed by atoms with Gasteiger partial charge in [0.25, 0.3) is 11.1 Å². The number of carbonyl (C=O) groups excluding carboxylic acids is 1. The van der Waals surface area contributed by atoms with Gasteiger partial charge in [-0.15, -0.1) is 0 Å². The molecule has 1 aromatic heterocycles. The third-order valence-electron chi connectivity index (χ3n) is 2.22. The summed E-state index contributed by atoms with van der Waals surface area (Å²) in [6.45, 7) is 1.04. The Hall–Kier alpha value is -2.38. The molecule has 98 valence electrons. The normalized spacial score (nSPS) is 11.8. The highest BCUT2D eigenvalue weighted by Gasteiger charge is 2.12. The van der Waals surface area contributed by atoms with Gasteiger partial charge in [-0.2, -0.15) is 0 Å². The second-order valence-corrected chi connectivity index (χ2v) is 3.78. The van der Waals surface area contributed by atoms with E-state index in [4.69, 9.17) is 5.11 Å². The van der Waals surface area contributed by atoms with Gasteiger partial charge >= 0.3 is 5.97 Å². The zero-order valence-corrected chi connectivity index (χ0v) is 9.67. The number of hydrogen-bond donors (Lipinski definition) is 3. The van der Waals surface area contributed by atoms with Gasteiger partial charge in [0.2, 0.25) is 5.91 Å². The molecular formula is C10H13N3O5. The molecule has 0 spiro atoms. The third-order valence-corrected chi connectivity index (χ3v) is 2.22. The van der Waals surface area contributed by atoms with Crippen LogP contribution < -0.4 is 16.4 Å². The molecule has 1 unspecified atom stereocenters. The molecule has 3 N–H and O–H groups in total. The summed E-state index contributed by atoms with van der Waals surface area (Å²) in [6.07, 6.45) is 0. The number of aromatic amines is 1. The number of amides is 1. The van der Waals surface area contributed by atoms with Gasteiger partial charge in [0.1, 0.15) is 6.54 Å². The zero-order chi connectivity index (χ0) is 13.7. The van der Waals surface area contributed by atoms with Crippen LogP contribution in [0.5, 0.6) is 0 Å². The molecule has 1 aromatic rings. The van der Waals surface area contributed by atoms with Crippen molar-refractivity contribution in [2.24, 2.45) is 5.92 Å². The molecule has 0 saturated heterocycles. The van der Waals surface area contributed by atoms with Crippen LogP contribution in [-0.2, 0) is 16.1 Å². The van der Waals surface area contributed by atoms with E-state index in [2.05, 4.69) is 10.4 Å². The van der Waals surface area contributed by atoms with E-state index in [1.807, 2.05) is 0 Å². The molecule has 8 nitrogen and oxygen atoms in total. The van der Waals surface area contributed by atoms with Gasteiger partial charge < -0.3 is 10.4 Å². The summed E-state index contributed by atoms with van der Waals surface area (Å²) < 4.78 is 0.850. The summed E-state index contributed by atoms with van der Waals surface area (Å²) in [7, 11) is 0. The Morgan fingerprint density at radius 3 is 2.72 bits per heavy atom. The molecule has 0 bridgehead atoms. The van der Waals surface area contributed by atoms with Crippen molar-refractivity contribution in [1.29, 1.82) is 0 Å². The Kier molecular flexibility index (Phi) is 4.41. The first-order valence-corrected chi connectivity index (χ1v) is 5.20. The van der Waals surface area contributed by atoms with Gasteiger partial charge in [-0.1, -0.05) is 6.92 Å². The fourth-order valence-corrected chi connectivity index (χ4v) is 1.13. The minimum Gasteiger partial charge on any atom is -0.481 e. The molecule has 1 atom stereocenters. The van der Waals surface area contributed by atoms with E-state index in [0.29, 0.717) is 0 Å². The average Bonchev–Trinajstić information content (AvgIpc) is 2.30. The molecule has 0 fully saturated rings. The number of H-pyrrole nitrogens is 1. The van der Waals surface area contributed by atoms with Crippen LogP contribution >= 0.6 is 0 Å². The SMILES string of the molecule is CC(CNC(=O)Cn1[nH]c(=O)ccc1=O)C(=O)O. The predicted octanol–water partition coefficient (Wildman–Crippen LogP) is -1.63. The first-order chi connectivity index (χ1) is 8.40. The van der Waals surface area contributed by atoms with Gasteiger partial charge in [0.05, 0.1) is 5.92 Å². The summed E-state index contributed by atoms with van der Waals surface area (Å²) in [4.78, 5) is 44.2. The van der Waals surface area contributed by atoms with E-state index in [1.54, 1.807) is 0 Å². The van der Waals surface area contributed by atoms with Crippen molar-refractivity contribution in [3.05, 3.63) is 32.8 Å². The van der Waals surface area contributed by atoms with E-state index >= 15 is 0 Å². The molecule has 1 amide bonds. The highest BCUT2D eigenvalue weighted by Crippen LogP contribution is 1.91. The van der Waals surface area contributed by atoms with Crippen molar-refractivity contribution in [2.45, 2.75) is 13.5 Å². The summed E-state index contributed by atoms with van der Waals surface area (Å²) >= 11 is 0. The van der Waals surface area contributed by atoms with Crippen molar-refractivity contribution in [3.8, 4) is 0 Å². The molecule has 8 heteroatoms. The maximum atomic E-state index is 11.4. The Bertz CT molecular complexity index is 559. The Morgan fingerprint density at radius 1 is 1.44 bits per heavy atom. The largest absolute Gasteiger partial charge is 0.481 e. The summed E-state index contributed by atoms with van der Waals surface area (Å²) in [5.41, 5.74) is -1.02. The number of nitrogens with one attached hydrogen (secondary N) is 2. The van der Waals surface area contributed by atoms with Crippen LogP contribution in [0.1, 0.15) is 6.92 Å². The number of carboxylic acid groups (broad SMARTS) is 1. The summed E-state index contributed by atoms with van der Waals surface area (Å²) in [5.74, 6) is -2.30. The summed E-state index contributed by atoms with van der Waals surface area (Å²) in [5, 5.41) is 13.2. The van der Waals surface area contributed by atoms with Crippen LogP contribution in [0.25, 0.3) is 0 Å². The molecule has 0 aliphatic carbocycles. The van der Waals surface area contributed by atoms with Crippen LogP contribution in [0.4, 0.5) is 0 Å². The molecule has 18 heavy (non-hydrogen) atoms. The number of aromatic nitrogens is 2.